The molecule has 0 radical (unpaired) electrons. The van der Waals surface area contributed by atoms with E-state index in [1.54, 1.807) is 6.92 Å². The van der Waals surface area contributed by atoms with E-state index in [0.717, 1.165) is 25.9 Å². The van der Waals surface area contributed by atoms with Gasteiger partial charge in [-0.05, 0) is 39.9 Å². The average Bonchev–Trinajstić information content (AvgIpc) is 2.68. The van der Waals surface area contributed by atoms with Crippen LogP contribution in [0.4, 0.5) is 0 Å². The molecule has 0 aliphatic carbocycles. The van der Waals surface area contributed by atoms with Crippen molar-refractivity contribution in [2.45, 2.75) is 30.7 Å². The molecule has 1 aromatic heterocycles. The highest BCUT2D eigenvalue weighted by Crippen LogP contribution is 2.15. The van der Waals surface area contributed by atoms with Crippen LogP contribution in [0.2, 0.25) is 0 Å². The number of H-pyrrole nitrogens is 1. The molecule has 0 spiro atoms. The second-order valence-electron chi connectivity index (χ2n) is 4.56. The summed E-state index contributed by atoms with van der Waals surface area (Å²) in [6, 6.07) is 0.0329. The van der Waals surface area contributed by atoms with Crippen molar-refractivity contribution >= 4 is 10.0 Å². The van der Waals surface area contributed by atoms with Crippen LogP contribution in [0, 0.1) is 6.92 Å². The van der Waals surface area contributed by atoms with Crippen LogP contribution >= 0.6 is 0 Å². The standard InChI is InChI=1S/C10H18N4O2S/c1-8-10(7-11-12-8)17(15,16)13-9-3-5-14(2)6-4-9/h7,9,13H,3-6H2,1-2H3,(H,11,12). The number of nitrogens with zero attached hydrogens (tertiary/aromatic N) is 2. The maximum Gasteiger partial charge on any atom is 0.244 e. The zero-order chi connectivity index (χ0) is 12.5. The van der Waals surface area contributed by atoms with Gasteiger partial charge in [0.1, 0.15) is 4.90 Å². The predicted molar refractivity (Wildman–Crippen MR) is 64.2 cm³/mol. The number of aromatic amines is 1. The second-order valence-corrected chi connectivity index (χ2v) is 6.24. The van der Waals surface area contributed by atoms with Gasteiger partial charge < -0.3 is 4.90 Å². The molecule has 1 saturated heterocycles. The van der Waals surface area contributed by atoms with Crippen LogP contribution in [-0.4, -0.2) is 49.7 Å². The Bertz CT molecular complexity index is 474. The molecule has 1 aliphatic heterocycles. The third-order valence-corrected chi connectivity index (χ3v) is 4.75. The Hall–Kier alpha value is -0.920. The highest BCUT2D eigenvalue weighted by Gasteiger charge is 2.25. The van der Waals surface area contributed by atoms with Gasteiger partial charge in [0, 0.05) is 6.04 Å². The maximum atomic E-state index is 12.1. The fraction of sp³-hybridized carbons (Fsp3) is 0.700. The normalized spacial score (nSPS) is 19.6. The number of hydrogen-bond donors (Lipinski definition) is 2. The van der Waals surface area contributed by atoms with Gasteiger partial charge >= 0.3 is 0 Å². The molecule has 0 unspecified atom stereocenters. The van der Waals surface area contributed by atoms with Crippen LogP contribution in [0.25, 0.3) is 0 Å². The van der Waals surface area contributed by atoms with E-state index in [4.69, 9.17) is 0 Å². The number of hydrogen-bond acceptors (Lipinski definition) is 4. The molecule has 0 saturated carbocycles. The quantitative estimate of drug-likeness (QED) is 0.805. The molecule has 2 heterocycles. The molecule has 0 bridgehead atoms. The molecule has 2 rings (SSSR count). The third kappa shape index (κ3) is 2.85. The summed E-state index contributed by atoms with van der Waals surface area (Å²) in [5.74, 6) is 0. The SMILES string of the molecule is Cc1[nH]ncc1S(=O)(=O)NC1CCN(C)CC1. The molecule has 0 atom stereocenters. The van der Waals surface area contributed by atoms with E-state index in [1.807, 2.05) is 7.05 Å². The highest BCUT2D eigenvalue weighted by atomic mass is 32.2. The molecule has 1 aromatic rings. The Balaban J connectivity index is 2.06. The lowest BCUT2D eigenvalue weighted by atomic mass is 10.1. The summed E-state index contributed by atoms with van der Waals surface area (Å²) in [5.41, 5.74) is 0.574. The zero-order valence-corrected chi connectivity index (χ0v) is 10.9. The molecule has 96 valence electrons. The molecule has 17 heavy (non-hydrogen) atoms. The van der Waals surface area contributed by atoms with E-state index in [-0.39, 0.29) is 10.9 Å². The van der Waals surface area contributed by atoms with E-state index in [0.29, 0.717) is 5.69 Å². The number of aryl methyl sites for hydroxylation is 1. The molecule has 2 N–H and O–H groups in total. The number of rotatable bonds is 3. The minimum Gasteiger partial charge on any atom is -0.306 e. The molecule has 1 aliphatic rings. The van der Waals surface area contributed by atoms with Crippen LogP contribution in [-0.2, 0) is 10.0 Å². The van der Waals surface area contributed by atoms with Crippen LogP contribution in [0.3, 0.4) is 0 Å². The first-order valence-electron chi connectivity index (χ1n) is 5.70. The van der Waals surface area contributed by atoms with Crippen LogP contribution in [0.5, 0.6) is 0 Å². The summed E-state index contributed by atoms with van der Waals surface area (Å²) in [4.78, 5) is 2.45. The fourth-order valence-corrected chi connectivity index (χ4v) is 3.46. The maximum absolute atomic E-state index is 12.1. The fourth-order valence-electron chi connectivity index (χ4n) is 2.02. The number of aromatic nitrogens is 2. The zero-order valence-electron chi connectivity index (χ0n) is 10.1. The molecule has 0 amide bonds. The average molecular weight is 258 g/mol. The number of piperidine rings is 1. The van der Waals surface area contributed by atoms with Crippen LogP contribution < -0.4 is 4.72 Å². The molecule has 1 fully saturated rings. The van der Waals surface area contributed by atoms with E-state index in [1.165, 1.54) is 6.20 Å². The minimum absolute atomic E-state index is 0.0329. The van der Waals surface area contributed by atoms with Crippen molar-refractivity contribution in [1.29, 1.82) is 0 Å². The van der Waals surface area contributed by atoms with E-state index in [2.05, 4.69) is 19.8 Å². The van der Waals surface area contributed by atoms with Gasteiger partial charge in [-0.3, -0.25) is 5.10 Å². The first kappa shape index (κ1) is 12.5. The number of likely N-dealkylation sites (tertiary alicyclic amines) is 1. The van der Waals surface area contributed by atoms with Gasteiger partial charge in [0.15, 0.2) is 0 Å². The Kier molecular flexibility index (Phi) is 3.50. The molecule has 6 nitrogen and oxygen atoms in total. The Labute approximate surface area is 101 Å². The van der Waals surface area contributed by atoms with Crippen molar-refractivity contribution in [2.75, 3.05) is 20.1 Å². The smallest absolute Gasteiger partial charge is 0.244 e. The van der Waals surface area contributed by atoms with Gasteiger partial charge in [0.05, 0.1) is 11.9 Å². The van der Waals surface area contributed by atoms with E-state index in [9.17, 15) is 8.42 Å². The summed E-state index contributed by atoms with van der Waals surface area (Å²) in [5, 5.41) is 6.38. The second kappa shape index (κ2) is 4.75. The summed E-state index contributed by atoms with van der Waals surface area (Å²) in [6.07, 6.45) is 3.06. The van der Waals surface area contributed by atoms with Crippen molar-refractivity contribution in [1.82, 2.24) is 19.8 Å². The van der Waals surface area contributed by atoms with Gasteiger partial charge in [-0.15, -0.1) is 0 Å². The first-order chi connectivity index (χ1) is 7.99. The van der Waals surface area contributed by atoms with Gasteiger partial charge in [-0.2, -0.15) is 5.10 Å². The Morgan fingerprint density at radius 1 is 1.47 bits per heavy atom. The lowest BCUT2D eigenvalue weighted by Crippen LogP contribution is -2.43. The minimum atomic E-state index is -3.43. The largest absolute Gasteiger partial charge is 0.306 e. The predicted octanol–water partition coefficient (Wildman–Crippen LogP) is 0.0906. The summed E-state index contributed by atoms with van der Waals surface area (Å²) in [7, 11) is -1.38. The molecular weight excluding hydrogens is 240 g/mol. The molecular formula is C10H18N4O2S. The third-order valence-electron chi connectivity index (χ3n) is 3.11. The number of nitrogens with one attached hydrogen (secondary N) is 2. The van der Waals surface area contributed by atoms with E-state index < -0.39 is 10.0 Å². The van der Waals surface area contributed by atoms with Crippen molar-refractivity contribution in [3.63, 3.8) is 0 Å². The van der Waals surface area contributed by atoms with Crippen molar-refractivity contribution in [2.24, 2.45) is 0 Å². The topological polar surface area (TPSA) is 78.1 Å². The molecule has 0 aromatic carbocycles. The van der Waals surface area contributed by atoms with Crippen LogP contribution in [0.15, 0.2) is 11.1 Å². The van der Waals surface area contributed by atoms with Crippen LogP contribution in [0.1, 0.15) is 18.5 Å². The summed E-state index contributed by atoms with van der Waals surface area (Å²) in [6.45, 7) is 3.56. The van der Waals surface area contributed by atoms with Gasteiger partial charge in [0.2, 0.25) is 10.0 Å². The van der Waals surface area contributed by atoms with Gasteiger partial charge in [-0.1, -0.05) is 0 Å². The van der Waals surface area contributed by atoms with E-state index >= 15 is 0 Å². The monoisotopic (exact) mass is 258 g/mol. The van der Waals surface area contributed by atoms with Gasteiger partial charge in [-0.25, -0.2) is 13.1 Å². The number of sulfonamides is 1. The first-order valence-corrected chi connectivity index (χ1v) is 7.18. The van der Waals surface area contributed by atoms with Crippen molar-refractivity contribution in [3.8, 4) is 0 Å². The van der Waals surface area contributed by atoms with Crippen molar-refractivity contribution in [3.05, 3.63) is 11.9 Å². The van der Waals surface area contributed by atoms with Gasteiger partial charge in [0.25, 0.3) is 0 Å². The molecule has 7 heteroatoms. The summed E-state index contributed by atoms with van der Waals surface area (Å²) < 4.78 is 26.9. The lowest BCUT2D eigenvalue weighted by Gasteiger charge is -2.29. The summed E-state index contributed by atoms with van der Waals surface area (Å²) >= 11 is 0. The Morgan fingerprint density at radius 2 is 2.12 bits per heavy atom. The van der Waals surface area contributed by atoms with Crippen molar-refractivity contribution < 1.29 is 8.42 Å². The lowest BCUT2D eigenvalue weighted by molar-refractivity contribution is 0.248. The Morgan fingerprint density at radius 3 is 2.65 bits per heavy atom. The highest BCUT2D eigenvalue weighted by molar-refractivity contribution is 7.89.